The molecule has 0 unspecified atom stereocenters. The average Bonchev–Trinajstić information content (AvgIpc) is 2.97. The standard InChI is InChI=1S/C21H17Cl3N2O4/c1-13-17(12-27)21(26(2)25-13)30-15-5-3-14(4-6-15)29-19-8-7-16(11-18(19)22)28-10-9-20(23)24/h3-9,11-12H,10H2,1-2H3. The Labute approximate surface area is 188 Å². The zero-order valence-corrected chi connectivity index (χ0v) is 18.3. The van der Waals surface area contributed by atoms with E-state index in [1.165, 1.54) is 10.8 Å². The van der Waals surface area contributed by atoms with E-state index in [2.05, 4.69) is 5.10 Å². The van der Waals surface area contributed by atoms with Crippen LogP contribution in [0.4, 0.5) is 0 Å². The van der Waals surface area contributed by atoms with Gasteiger partial charge in [-0.05, 0) is 49.4 Å². The van der Waals surface area contributed by atoms with Gasteiger partial charge >= 0.3 is 0 Å². The first-order chi connectivity index (χ1) is 14.4. The first kappa shape index (κ1) is 22.0. The molecule has 0 aliphatic heterocycles. The minimum absolute atomic E-state index is 0.134. The SMILES string of the molecule is Cc1nn(C)c(Oc2ccc(Oc3ccc(OCC=C(Cl)Cl)cc3Cl)cc2)c1C=O. The molecule has 1 aromatic heterocycles. The molecule has 9 heteroatoms. The van der Waals surface area contributed by atoms with Gasteiger partial charge in [-0.15, -0.1) is 0 Å². The molecule has 6 nitrogen and oxygen atoms in total. The summed E-state index contributed by atoms with van der Waals surface area (Å²) < 4.78 is 18.7. The number of carbonyl (C=O) groups is 1. The Morgan fingerprint density at radius 1 is 1.07 bits per heavy atom. The van der Waals surface area contributed by atoms with Crippen LogP contribution in [0.15, 0.2) is 53.0 Å². The number of ether oxygens (including phenoxy) is 3. The number of nitrogens with zero attached hydrogens (tertiary/aromatic N) is 2. The summed E-state index contributed by atoms with van der Waals surface area (Å²) in [4.78, 5) is 11.3. The van der Waals surface area contributed by atoms with E-state index < -0.39 is 0 Å². The van der Waals surface area contributed by atoms with Crippen LogP contribution in [0.25, 0.3) is 0 Å². The van der Waals surface area contributed by atoms with Gasteiger partial charge in [-0.2, -0.15) is 5.10 Å². The highest BCUT2D eigenvalue weighted by Crippen LogP contribution is 2.34. The van der Waals surface area contributed by atoms with Crippen LogP contribution in [0.2, 0.25) is 5.02 Å². The molecule has 0 saturated carbocycles. The van der Waals surface area contributed by atoms with E-state index in [0.717, 1.165) is 6.29 Å². The van der Waals surface area contributed by atoms with Crippen LogP contribution in [0.5, 0.6) is 28.9 Å². The third-order valence-electron chi connectivity index (χ3n) is 3.99. The molecular weight excluding hydrogens is 451 g/mol. The zero-order valence-electron chi connectivity index (χ0n) is 16.1. The minimum atomic E-state index is 0.134. The largest absolute Gasteiger partial charge is 0.489 e. The predicted octanol–water partition coefficient (Wildman–Crippen LogP) is 6.48. The molecule has 156 valence electrons. The fourth-order valence-corrected chi connectivity index (χ4v) is 2.91. The first-order valence-corrected chi connectivity index (χ1v) is 9.89. The Balaban J connectivity index is 1.67. The van der Waals surface area contributed by atoms with Crippen molar-refractivity contribution in [3.63, 3.8) is 0 Å². The monoisotopic (exact) mass is 466 g/mol. The molecule has 0 radical (unpaired) electrons. The maximum Gasteiger partial charge on any atom is 0.228 e. The number of benzene rings is 2. The average molecular weight is 468 g/mol. The van der Waals surface area contributed by atoms with E-state index in [9.17, 15) is 4.79 Å². The van der Waals surface area contributed by atoms with Gasteiger partial charge in [0.25, 0.3) is 0 Å². The van der Waals surface area contributed by atoms with Crippen molar-refractivity contribution in [3.8, 4) is 28.9 Å². The fourth-order valence-electron chi connectivity index (χ4n) is 2.58. The third-order valence-corrected chi connectivity index (χ3v) is 4.59. The molecule has 0 N–H and O–H groups in total. The van der Waals surface area contributed by atoms with Crippen molar-refractivity contribution >= 4 is 41.1 Å². The van der Waals surface area contributed by atoms with Crippen molar-refractivity contribution < 1.29 is 19.0 Å². The quantitative estimate of drug-likeness (QED) is 0.355. The van der Waals surface area contributed by atoms with Gasteiger partial charge in [0.15, 0.2) is 6.29 Å². The zero-order chi connectivity index (χ0) is 21.7. The number of rotatable bonds is 8. The van der Waals surface area contributed by atoms with E-state index >= 15 is 0 Å². The molecule has 3 aromatic rings. The molecular formula is C21H17Cl3N2O4. The highest BCUT2D eigenvalue weighted by molar-refractivity contribution is 6.55. The summed E-state index contributed by atoms with van der Waals surface area (Å²) in [7, 11) is 1.71. The van der Waals surface area contributed by atoms with Crippen LogP contribution in [0.1, 0.15) is 16.1 Å². The number of hydrogen-bond acceptors (Lipinski definition) is 5. The maximum absolute atomic E-state index is 11.3. The highest BCUT2D eigenvalue weighted by atomic mass is 35.5. The molecule has 0 atom stereocenters. The van der Waals surface area contributed by atoms with Gasteiger partial charge in [0.1, 0.15) is 34.1 Å². The van der Waals surface area contributed by atoms with Gasteiger partial charge in [0.2, 0.25) is 5.88 Å². The van der Waals surface area contributed by atoms with Crippen LogP contribution in [0.3, 0.4) is 0 Å². The lowest BCUT2D eigenvalue weighted by molar-refractivity contribution is 0.112. The number of carbonyl (C=O) groups excluding carboxylic acids is 1. The second-order valence-electron chi connectivity index (χ2n) is 6.12. The van der Waals surface area contributed by atoms with Gasteiger partial charge in [-0.1, -0.05) is 34.8 Å². The molecule has 0 spiro atoms. The Bertz CT molecular complexity index is 1070. The smallest absolute Gasteiger partial charge is 0.228 e. The van der Waals surface area contributed by atoms with Gasteiger partial charge in [-0.3, -0.25) is 4.79 Å². The lowest BCUT2D eigenvalue weighted by Gasteiger charge is -2.11. The molecule has 3 rings (SSSR count). The van der Waals surface area contributed by atoms with E-state index in [-0.39, 0.29) is 11.1 Å². The molecule has 0 aliphatic rings. The maximum atomic E-state index is 11.3. The lowest BCUT2D eigenvalue weighted by Crippen LogP contribution is -1.97. The number of aromatic nitrogens is 2. The van der Waals surface area contributed by atoms with E-state index in [1.807, 2.05) is 0 Å². The van der Waals surface area contributed by atoms with E-state index in [4.69, 9.17) is 49.0 Å². The van der Waals surface area contributed by atoms with Gasteiger partial charge in [-0.25, -0.2) is 4.68 Å². The summed E-state index contributed by atoms with van der Waals surface area (Å²) in [5, 5.41) is 4.57. The normalized spacial score (nSPS) is 10.4. The van der Waals surface area contributed by atoms with Crippen LogP contribution in [0, 0.1) is 6.92 Å². The molecule has 1 heterocycles. The van der Waals surface area contributed by atoms with E-state index in [1.54, 1.807) is 56.4 Å². The fraction of sp³-hybridized carbons (Fsp3) is 0.143. The van der Waals surface area contributed by atoms with Crippen molar-refractivity contribution in [2.45, 2.75) is 6.92 Å². The topological polar surface area (TPSA) is 62.6 Å². The van der Waals surface area contributed by atoms with Crippen molar-refractivity contribution in [3.05, 3.63) is 69.3 Å². The van der Waals surface area contributed by atoms with Gasteiger partial charge < -0.3 is 14.2 Å². The Hall–Kier alpha value is -2.67. The second kappa shape index (κ2) is 9.89. The van der Waals surface area contributed by atoms with Crippen molar-refractivity contribution in [2.24, 2.45) is 7.05 Å². The van der Waals surface area contributed by atoms with E-state index in [0.29, 0.717) is 45.2 Å². The molecule has 30 heavy (non-hydrogen) atoms. The summed E-state index contributed by atoms with van der Waals surface area (Å²) in [6.45, 7) is 1.97. The third kappa shape index (κ3) is 5.48. The predicted molar refractivity (Wildman–Crippen MR) is 117 cm³/mol. The summed E-state index contributed by atoms with van der Waals surface area (Å²) in [5.41, 5.74) is 1.02. The number of hydrogen-bond donors (Lipinski definition) is 0. The van der Waals surface area contributed by atoms with Gasteiger partial charge in [0, 0.05) is 13.1 Å². The molecule has 2 aromatic carbocycles. The summed E-state index contributed by atoms with van der Waals surface area (Å²) in [6.07, 6.45) is 2.25. The van der Waals surface area contributed by atoms with Crippen LogP contribution in [-0.2, 0) is 7.05 Å². The van der Waals surface area contributed by atoms with Crippen molar-refractivity contribution in [2.75, 3.05) is 6.61 Å². The summed E-state index contributed by atoms with van der Waals surface area (Å²) in [6, 6.07) is 12.0. The number of aryl methyl sites for hydroxylation is 2. The van der Waals surface area contributed by atoms with Crippen LogP contribution >= 0.6 is 34.8 Å². The Morgan fingerprint density at radius 2 is 1.70 bits per heavy atom. The lowest BCUT2D eigenvalue weighted by atomic mass is 10.3. The molecule has 0 fully saturated rings. The Kier molecular flexibility index (Phi) is 7.26. The molecule has 0 aliphatic carbocycles. The van der Waals surface area contributed by atoms with Crippen LogP contribution < -0.4 is 14.2 Å². The summed E-state index contributed by atoms with van der Waals surface area (Å²) >= 11 is 17.4. The minimum Gasteiger partial charge on any atom is -0.489 e. The number of aldehydes is 1. The molecule has 0 saturated heterocycles. The molecule has 0 amide bonds. The van der Waals surface area contributed by atoms with Crippen molar-refractivity contribution in [1.29, 1.82) is 0 Å². The highest BCUT2D eigenvalue weighted by Gasteiger charge is 2.15. The van der Waals surface area contributed by atoms with Crippen molar-refractivity contribution in [1.82, 2.24) is 9.78 Å². The van der Waals surface area contributed by atoms with Gasteiger partial charge in [0.05, 0.1) is 16.3 Å². The number of halogens is 3. The van der Waals surface area contributed by atoms with Crippen LogP contribution in [-0.4, -0.2) is 22.7 Å². The molecule has 0 bridgehead atoms. The second-order valence-corrected chi connectivity index (χ2v) is 7.53. The first-order valence-electron chi connectivity index (χ1n) is 8.75. The Morgan fingerprint density at radius 3 is 2.30 bits per heavy atom. The summed E-state index contributed by atoms with van der Waals surface area (Å²) in [5.74, 6) is 2.49.